The molecule has 0 bridgehead atoms. The Morgan fingerprint density at radius 1 is 1.06 bits per heavy atom. The van der Waals surface area contributed by atoms with Crippen molar-refractivity contribution in [2.75, 3.05) is 20.8 Å². The molecule has 0 aromatic heterocycles. The molecular formula is C26H23BrN2O5. The Morgan fingerprint density at radius 3 is 2.53 bits per heavy atom. The number of ether oxygens (including phenoxy) is 3. The first-order valence-corrected chi connectivity index (χ1v) is 11.4. The topological polar surface area (TPSA) is 77.4 Å². The van der Waals surface area contributed by atoms with Gasteiger partial charge in [-0.25, -0.2) is 5.01 Å². The first kappa shape index (κ1) is 23.5. The average Bonchev–Trinajstić information content (AvgIpc) is 3.33. The lowest BCUT2D eigenvalue weighted by Gasteiger charge is -2.22. The number of carbonyl (C=O) groups excluding carboxylic acids is 2. The molecule has 0 saturated carbocycles. The van der Waals surface area contributed by atoms with Crippen molar-refractivity contribution in [3.63, 3.8) is 0 Å². The molecule has 0 fully saturated rings. The zero-order chi connectivity index (χ0) is 24.1. The number of methoxy groups -OCH3 is 2. The SMILES string of the molecule is COc1ccc(C2CC(c3cccc(OC)c3)=NN2C(=O)COc2ccc(Br)cc2C=O)cc1. The first-order chi connectivity index (χ1) is 16.5. The Morgan fingerprint density at radius 2 is 1.82 bits per heavy atom. The number of aldehydes is 1. The van der Waals surface area contributed by atoms with Gasteiger partial charge in [0.15, 0.2) is 12.9 Å². The summed E-state index contributed by atoms with van der Waals surface area (Å²) in [5.74, 6) is 1.46. The van der Waals surface area contributed by atoms with Crippen LogP contribution in [0.3, 0.4) is 0 Å². The van der Waals surface area contributed by atoms with E-state index in [2.05, 4.69) is 21.0 Å². The second-order valence-electron chi connectivity index (χ2n) is 7.60. The van der Waals surface area contributed by atoms with Crippen LogP contribution in [0.25, 0.3) is 0 Å². The minimum Gasteiger partial charge on any atom is -0.497 e. The molecule has 1 atom stereocenters. The van der Waals surface area contributed by atoms with Crippen molar-refractivity contribution in [2.45, 2.75) is 12.5 Å². The fraction of sp³-hybridized carbons (Fsp3) is 0.192. The molecule has 8 heteroatoms. The first-order valence-electron chi connectivity index (χ1n) is 10.6. The van der Waals surface area contributed by atoms with Crippen LogP contribution < -0.4 is 14.2 Å². The van der Waals surface area contributed by atoms with Gasteiger partial charge in [0.2, 0.25) is 0 Å². The summed E-state index contributed by atoms with van der Waals surface area (Å²) >= 11 is 3.33. The molecule has 1 aliphatic rings. The minimum absolute atomic E-state index is 0.260. The molecule has 4 rings (SSSR count). The van der Waals surface area contributed by atoms with E-state index in [-0.39, 0.29) is 18.6 Å². The van der Waals surface area contributed by atoms with E-state index in [4.69, 9.17) is 14.2 Å². The van der Waals surface area contributed by atoms with Gasteiger partial charge in [-0.1, -0.05) is 40.2 Å². The number of halogens is 1. The molecule has 3 aromatic rings. The van der Waals surface area contributed by atoms with Crippen molar-refractivity contribution >= 4 is 33.8 Å². The Labute approximate surface area is 206 Å². The van der Waals surface area contributed by atoms with E-state index in [9.17, 15) is 9.59 Å². The van der Waals surface area contributed by atoms with E-state index in [1.54, 1.807) is 32.4 Å². The molecule has 0 spiro atoms. The summed E-state index contributed by atoms with van der Waals surface area (Å²) < 4.78 is 17.1. The third-order valence-corrected chi connectivity index (χ3v) is 6.01. The van der Waals surface area contributed by atoms with Gasteiger partial charge in [0, 0.05) is 16.5 Å². The van der Waals surface area contributed by atoms with Crippen LogP contribution >= 0.6 is 15.9 Å². The summed E-state index contributed by atoms with van der Waals surface area (Å²) in [7, 11) is 3.22. The van der Waals surface area contributed by atoms with E-state index < -0.39 is 0 Å². The normalized spacial score (nSPS) is 15.0. The van der Waals surface area contributed by atoms with Gasteiger partial charge in [-0.15, -0.1) is 0 Å². The van der Waals surface area contributed by atoms with Crippen molar-refractivity contribution in [3.05, 3.63) is 87.9 Å². The smallest absolute Gasteiger partial charge is 0.281 e. The van der Waals surface area contributed by atoms with Crippen LogP contribution in [0.2, 0.25) is 0 Å². The van der Waals surface area contributed by atoms with Crippen LogP contribution in [-0.2, 0) is 4.79 Å². The van der Waals surface area contributed by atoms with Crippen molar-refractivity contribution in [1.82, 2.24) is 5.01 Å². The number of amides is 1. The van der Waals surface area contributed by atoms with Gasteiger partial charge in [0.25, 0.3) is 5.91 Å². The highest BCUT2D eigenvalue weighted by atomic mass is 79.9. The van der Waals surface area contributed by atoms with Gasteiger partial charge in [-0.2, -0.15) is 5.10 Å². The van der Waals surface area contributed by atoms with Crippen LogP contribution in [0.1, 0.15) is 33.9 Å². The Hall–Kier alpha value is -3.65. The standard InChI is InChI=1S/C26H23BrN2O5/c1-32-21-9-6-17(7-10-21)24-14-23(18-4-3-5-22(13-18)33-2)28-29(24)26(31)16-34-25-11-8-20(27)12-19(25)15-30/h3-13,15,24H,14,16H2,1-2H3. The molecule has 1 aliphatic heterocycles. The third-order valence-electron chi connectivity index (χ3n) is 5.52. The van der Waals surface area contributed by atoms with Crippen LogP contribution in [0.5, 0.6) is 17.2 Å². The zero-order valence-electron chi connectivity index (χ0n) is 18.7. The lowest BCUT2D eigenvalue weighted by atomic mass is 9.98. The fourth-order valence-corrected chi connectivity index (χ4v) is 4.13. The molecule has 7 nitrogen and oxygen atoms in total. The van der Waals surface area contributed by atoms with Gasteiger partial charge >= 0.3 is 0 Å². The number of benzene rings is 3. The predicted octanol–water partition coefficient (Wildman–Crippen LogP) is 5.04. The molecule has 1 unspecified atom stereocenters. The Balaban J connectivity index is 1.61. The van der Waals surface area contributed by atoms with Crippen LogP contribution in [0.4, 0.5) is 0 Å². The third kappa shape index (κ3) is 5.12. The number of hydrogen-bond donors (Lipinski definition) is 0. The van der Waals surface area contributed by atoms with Crippen LogP contribution in [0.15, 0.2) is 76.3 Å². The van der Waals surface area contributed by atoms with E-state index in [0.717, 1.165) is 27.1 Å². The summed E-state index contributed by atoms with van der Waals surface area (Å²) in [6, 6.07) is 19.9. The summed E-state index contributed by atoms with van der Waals surface area (Å²) in [6.45, 7) is -0.260. The molecule has 0 radical (unpaired) electrons. The average molecular weight is 523 g/mol. The number of hydrazone groups is 1. The molecule has 174 valence electrons. The monoisotopic (exact) mass is 522 g/mol. The van der Waals surface area contributed by atoms with E-state index in [0.29, 0.717) is 29.8 Å². The summed E-state index contributed by atoms with van der Waals surface area (Å²) in [6.07, 6.45) is 1.22. The maximum Gasteiger partial charge on any atom is 0.281 e. The molecule has 1 amide bonds. The van der Waals surface area contributed by atoms with Crippen molar-refractivity contribution in [3.8, 4) is 17.2 Å². The minimum atomic E-state index is -0.321. The predicted molar refractivity (Wildman–Crippen MR) is 132 cm³/mol. The Bertz CT molecular complexity index is 1230. The van der Waals surface area contributed by atoms with Gasteiger partial charge in [0.1, 0.15) is 17.2 Å². The van der Waals surface area contributed by atoms with Gasteiger partial charge in [-0.3, -0.25) is 9.59 Å². The van der Waals surface area contributed by atoms with Gasteiger partial charge < -0.3 is 14.2 Å². The quantitative estimate of drug-likeness (QED) is 0.387. The molecule has 0 aliphatic carbocycles. The number of rotatable bonds is 8. The number of nitrogens with zero attached hydrogens (tertiary/aromatic N) is 2. The molecule has 34 heavy (non-hydrogen) atoms. The second kappa shape index (κ2) is 10.5. The van der Waals surface area contributed by atoms with Crippen molar-refractivity contribution < 1.29 is 23.8 Å². The lowest BCUT2D eigenvalue weighted by molar-refractivity contribution is -0.135. The van der Waals surface area contributed by atoms with Crippen molar-refractivity contribution in [1.29, 1.82) is 0 Å². The van der Waals surface area contributed by atoms with E-state index >= 15 is 0 Å². The maximum atomic E-state index is 13.2. The highest BCUT2D eigenvalue weighted by Gasteiger charge is 2.33. The Kier molecular flexibility index (Phi) is 7.27. The fourth-order valence-electron chi connectivity index (χ4n) is 3.75. The number of hydrogen-bond acceptors (Lipinski definition) is 6. The second-order valence-corrected chi connectivity index (χ2v) is 8.51. The highest BCUT2D eigenvalue weighted by Crippen LogP contribution is 2.34. The summed E-state index contributed by atoms with van der Waals surface area (Å²) in [5, 5.41) is 6.11. The molecular weight excluding hydrogens is 500 g/mol. The zero-order valence-corrected chi connectivity index (χ0v) is 20.3. The van der Waals surface area contributed by atoms with E-state index in [1.165, 1.54) is 5.01 Å². The maximum absolute atomic E-state index is 13.2. The molecule has 0 N–H and O–H groups in total. The number of carbonyl (C=O) groups is 2. The molecule has 0 saturated heterocycles. The summed E-state index contributed by atoms with van der Waals surface area (Å²) in [5.41, 5.74) is 2.93. The largest absolute Gasteiger partial charge is 0.497 e. The van der Waals surface area contributed by atoms with Gasteiger partial charge in [-0.05, 0) is 48.0 Å². The lowest BCUT2D eigenvalue weighted by Crippen LogP contribution is -2.31. The summed E-state index contributed by atoms with van der Waals surface area (Å²) in [4.78, 5) is 24.6. The van der Waals surface area contributed by atoms with Crippen LogP contribution in [-0.4, -0.2) is 43.7 Å². The molecule has 1 heterocycles. The van der Waals surface area contributed by atoms with E-state index in [1.807, 2.05) is 48.5 Å². The van der Waals surface area contributed by atoms with Gasteiger partial charge in [0.05, 0.1) is 31.5 Å². The molecule has 3 aromatic carbocycles. The van der Waals surface area contributed by atoms with Crippen molar-refractivity contribution in [2.24, 2.45) is 5.10 Å². The van der Waals surface area contributed by atoms with Crippen LogP contribution in [0, 0.1) is 0 Å². The highest BCUT2D eigenvalue weighted by molar-refractivity contribution is 9.10.